The largest absolute Gasteiger partial charge is 0.493 e. The van der Waals surface area contributed by atoms with E-state index in [2.05, 4.69) is 18.3 Å². The van der Waals surface area contributed by atoms with Crippen LogP contribution in [-0.4, -0.2) is 19.1 Å². The van der Waals surface area contributed by atoms with Crippen molar-refractivity contribution < 1.29 is 13.9 Å². The first-order valence-corrected chi connectivity index (χ1v) is 9.10. The van der Waals surface area contributed by atoms with Gasteiger partial charge in [-0.25, -0.2) is 0 Å². The summed E-state index contributed by atoms with van der Waals surface area (Å²) in [5.74, 6) is 1.59. The molecule has 2 aromatic rings. The number of rotatable bonds is 8. The Morgan fingerprint density at radius 2 is 2.00 bits per heavy atom. The number of aryl methyl sites for hydroxylation is 2. The SMILES string of the molecule is CCCCCNC(=O)/C=C(\C)c1cc2c(C)c(C)oc2cc1OCC. The van der Waals surface area contributed by atoms with E-state index < -0.39 is 0 Å². The van der Waals surface area contributed by atoms with Crippen molar-refractivity contribution in [1.29, 1.82) is 0 Å². The van der Waals surface area contributed by atoms with E-state index in [4.69, 9.17) is 9.15 Å². The van der Waals surface area contributed by atoms with Crippen molar-refractivity contribution in [3.8, 4) is 5.75 Å². The third-order valence-electron chi connectivity index (χ3n) is 4.43. The number of fused-ring (bicyclic) bond motifs is 1. The lowest BCUT2D eigenvalue weighted by Gasteiger charge is -2.11. The minimum absolute atomic E-state index is 0.0590. The normalized spacial score (nSPS) is 11.8. The van der Waals surface area contributed by atoms with Crippen LogP contribution in [0.3, 0.4) is 0 Å². The summed E-state index contributed by atoms with van der Waals surface area (Å²) in [5.41, 5.74) is 3.76. The lowest BCUT2D eigenvalue weighted by molar-refractivity contribution is -0.116. The number of hydrogen-bond acceptors (Lipinski definition) is 3. The minimum Gasteiger partial charge on any atom is -0.493 e. The Morgan fingerprint density at radius 1 is 1.24 bits per heavy atom. The van der Waals surface area contributed by atoms with E-state index in [1.165, 1.54) is 0 Å². The zero-order valence-electron chi connectivity index (χ0n) is 16.0. The maximum absolute atomic E-state index is 12.1. The van der Waals surface area contributed by atoms with Crippen LogP contribution in [0.4, 0.5) is 0 Å². The van der Waals surface area contributed by atoms with E-state index in [9.17, 15) is 4.79 Å². The van der Waals surface area contributed by atoms with Crippen molar-refractivity contribution in [1.82, 2.24) is 5.32 Å². The fourth-order valence-electron chi connectivity index (χ4n) is 2.86. The molecule has 25 heavy (non-hydrogen) atoms. The van der Waals surface area contributed by atoms with Crippen LogP contribution in [0.5, 0.6) is 5.75 Å². The quantitative estimate of drug-likeness (QED) is 0.532. The number of allylic oxidation sites excluding steroid dienone is 1. The van der Waals surface area contributed by atoms with E-state index in [1.807, 2.05) is 33.8 Å². The Kier molecular flexibility index (Phi) is 6.68. The van der Waals surface area contributed by atoms with Gasteiger partial charge in [0.15, 0.2) is 0 Å². The molecule has 0 bridgehead atoms. The molecule has 1 heterocycles. The number of unbranched alkanes of at least 4 members (excludes halogenated alkanes) is 2. The van der Waals surface area contributed by atoms with E-state index >= 15 is 0 Å². The Morgan fingerprint density at radius 3 is 2.68 bits per heavy atom. The van der Waals surface area contributed by atoms with Gasteiger partial charge in [-0.05, 0) is 51.3 Å². The number of nitrogens with one attached hydrogen (secondary N) is 1. The molecule has 0 fully saturated rings. The third kappa shape index (κ3) is 4.65. The number of amides is 1. The van der Waals surface area contributed by atoms with Crippen LogP contribution in [0.1, 0.15) is 56.9 Å². The first-order chi connectivity index (χ1) is 12.0. The number of ether oxygens (including phenoxy) is 1. The second-order valence-electron chi connectivity index (χ2n) is 6.39. The van der Waals surface area contributed by atoms with E-state index in [1.54, 1.807) is 6.08 Å². The van der Waals surface area contributed by atoms with Gasteiger partial charge in [-0.15, -0.1) is 0 Å². The maximum Gasteiger partial charge on any atom is 0.244 e. The molecule has 1 aromatic heterocycles. The van der Waals surface area contributed by atoms with Crippen LogP contribution < -0.4 is 10.1 Å². The highest BCUT2D eigenvalue weighted by Gasteiger charge is 2.14. The molecule has 0 aliphatic rings. The summed E-state index contributed by atoms with van der Waals surface area (Å²) in [5, 5.41) is 4.01. The number of hydrogen-bond donors (Lipinski definition) is 1. The maximum atomic E-state index is 12.1. The molecule has 136 valence electrons. The molecule has 2 rings (SSSR count). The van der Waals surface area contributed by atoms with Crippen molar-refractivity contribution >= 4 is 22.4 Å². The summed E-state index contributed by atoms with van der Waals surface area (Å²) in [6.07, 6.45) is 4.94. The predicted molar refractivity (Wildman–Crippen MR) is 103 cm³/mol. The summed E-state index contributed by atoms with van der Waals surface area (Å²) >= 11 is 0. The average Bonchev–Trinajstić information content (AvgIpc) is 2.85. The van der Waals surface area contributed by atoms with Gasteiger partial charge in [0.25, 0.3) is 0 Å². The van der Waals surface area contributed by atoms with Crippen LogP contribution in [0.15, 0.2) is 22.6 Å². The zero-order valence-corrected chi connectivity index (χ0v) is 16.0. The Hall–Kier alpha value is -2.23. The summed E-state index contributed by atoms with van der Waals surface area (Å²) in [7, 11) is 0. The highest BCUT2D eigenvalue weighted by molar-refractivity contribution is 5.97. The molecular weight excluding hydrogens is 314 g/mol. The second-order valence-corrected chi connectivity index (χ2v) is 6.39. The number of furan rings is 1. The van der Waals surface area contributed by atoms with E-state index in [0.29, 0.717) is 13.2 Å². The van der Waals surface area contributed by atoms with Gasteiger partial charge in [-0.2, -0.15) is 0 Å². The Bertz CT molecular complexity index is 771. The number of carbonyl (C=O) groups is 1. The zero-order chi connectivity index (χ0) is 18.4. The molecule has 1 aromatic carbocycles. The number of benzene rings is 1. The Labute approximate surface area is 150 Å². The van der Waals surface area contributed by atoms with Crippen molar-refractivity contribution in [2.24, 2.45) is 0 Å². The summed E-state index contributed by atoms with van der Waals surface area (Å²) in [6.45, 7) is 11.3. The van der Waals surface area contributed by atoms with Gasteiger partial charge in [0.1, 0.15) is 17.1 Å². The van der Waals surface area contributed by atoms with Crippen molar-refractivity contribution in [2.75, 3.05) is 13.2 Å². The van der Waals surface area contributed by atoms with Gasteiger partial charge in [0.05, 0.1) is 6.61 Å². The standard InChI is InChI=1S/C21H29NO3/c1-6-8-9-10-22-21(23)11-14(3)17-12-18-15(4)16(5)25-20(18)13-19(17)24-7-2/h11-13H,6-10H2,1-5H3,(H,22,23)/b14-11+. The van der Waals surface area contributed by atoms with Crippen LogP contribution in [0.2, 0.25) is 0 Å². The lowest BCUT2D eigenvalue weighted by atomic mass is 10.0. The first-order valence-electron chi connectivity index (χ1n) is 9.10. The fourth-order valence-corrected chi connectivity index (χ4v) is 2.86. The second kappa shape index (κ2) is 8.75. The highest BCUT2D eigenvalue weighted by atomic mass is 16.5. The van der Waals surface area contributed by atoms with Crippen molar-refractivity contribution in [2.45, 2.75) is 53.9 Å². The Balaban J connectivity index is 2.30. The van der Waals surface area contributed by atoms with Gasteiger partial charge in [-0.1, -0.05) is 19.8 Å². The van der Waals surface area contributed by atoms with E-state index in [-0.39, 0.29) is 5.91 Å². The molecule has 0 unspecified atom stereocenters. The van der Waals surface area contributed by atoms with Crippen molar-refractivity contribution in [3.63, 3.8) is 0 Å². The molecule has 4 nitrogen and oxygen atoms in total. The highest BCUT2D eigenvalue weighted by Crippen LogP contribution is 2.34. The molecule has 0 aliphatic carbocycles. The molecule has 0 saturated heterocycles. The summed E-state index contributed by atoms with van der Waals surface area (Å²) in [4.78, 5) is 12.1. The number of carbonyl (C=O) groups excluding carboxylic acids is 1. The fraction of sp³-hybridized carbons (Fsp3) is 0.476. The van der Waals surface area contributed by atoms with Crippen LogP contribution in [0, 0.1) is 13.8 Å². The lowest BCUT2D eigenvalue weighted by Crippen LogP contribution is -2.22. The van der Waals surface area contributed by atoms with Crippen molar-refractivity contribution in [3.05, 3.63) is 35.1 Å². The van der Waals surface area contributed by atoms with Gasteiger partial charge in [0, 0.05) is 29.6 Å². The van der Waals surface area contributed by atoms with Gasteiger partial charge in [-0.3, -0.25) is 4.79 Å². The van der Waals surface area contributed by atoms with Gasteiger partial charge < -0.3 is 14.5 Å². The smallest absolute Gasteiger partial charge is 0.244 e. The topological polar surface area (TPSA) is 51.5 Å². The summed E-state index contributed by atoms with van der Waals surface area (Å²) < 4.78 is 11.6. The molecule has 0 radical (unpaired) electrons. The molecule has 4 heteroatoms. The molecular formula is C21H29NO3. The molecule has 0 spiro atoms. The average molecular weight is 343 g/mol. The molecule has 1 N–H and O–H groups in total. The first kappa shape index (κ1) is 19.1. The molecule has 0 saturated carbocycles. The van der Waals surface area contributed by atoms with Gasteiger partial charge in [0.2, 0.25) is 5.91 Å². The monoisotopic (exact) mass is 343 g/mol. The van der Waals surface area contributed by atoms with E-state index in [0.717, 1.165) is 58.4 Å². The third-order valence-corrected chi connectivity index (χ3v) is 4.43. The molecule has 1 amide bonds. The molecule has 0 atom stereocenters. The van der Waals surface area contributed by atoms with Crippen LogP contribution >= 0.6 is 0 Å². The minimum atomic E-state index is -0.0590. The molecule has 0 aliphatic heterocycles. The van der Waals surface area contributed by atoms with Crippen LogP contribution in [-0.2, 0) is 4.79 Å². The summed E-state index contributed by atoms with van der Waals surface area (Å²) in [6, 6.07) is 3.98. The van der Waals surface area contributed by atoms with Crippen LogP contribution in [0.25, 0.3) is 16.5 Å². The van der Waals surface area contributed by atoms with Gasteiger partial charge >= 0.3 is 0 Å². The predicted octanol–water partition coefficient (Wildman–Crippen LogP) is 5.16.